The molecule has 2 atom stereocenters. The summed E-state index contributed by atoms with van der Waals surface area (Å²) in [6, 6.07) is 14.5. The van der Waals surface area contributed by atoms with E-state index in [1.807, 2.05) is 70.2 Å². The Morgan fingerprint density at radius 1 is 1.09 bits per heavy atom. The zero-order chi connectivity index (χ0) is 25.5. The fraction of sp³-hybridized carbons (Fsp3) is 0.407. The van der Waals surface area contributed by atoms with Crippen molar-refractivity contribution in [2.75, 3.05) is 18.9 Å². The molecule has 1 aliphatic heterocycles. The molecule has 0 aromatic heterocycles. The van der Waals surface area contributed by atoms with E-state index < -0.39 is 17.0 Å². The van der Waals surface area contributed by atoms with E-state index in [-0.39, 0.29) is 30.3 Å². The minimum Gasteiger partial charge on any atom is -0.326 e. The second-order valence-corrected chi connectivity index (χ2v) is 10.5. The summed E-state index contributed by atoms with van der Waals surface area (Å²) in [4.78, 5) is 53.9. The number of carbonyl (C=O) groups is 4. The summed E-state index contributed by atoms with van der Waals surface area (Å²) in [7, 11) is 1.63. The number of hydrogen-bond donors (Lipinski definition) is 2. The average Bonchev–Trinajstić information content (AvgIpc) is 3.29. The van der Waals surface area contributed by atoms with Crippen LogP contribution < -0.4 is 10.6 Å². The Labute approximate surface area is 205 Å². The van der Waals surface area contributed by atoms with Gasteiger partial charge in [0.1, 0.15) is 12.1 Å². The Morgan fingerprint density at radius 3 is 2.34 bits per heavy atom. The van der Waals surface area contributed by atoms with Crippen molar-refractivity contribution in [1.82, 2.24) is 15.1 Å². The lowest BCUT2D eigenvalue weighted by atomic mass is 9.93. The molecule has 0 radical (unpaired) electrons. The first-order chi connectivity index (χ1) is 16.4. The molecule has 4 rings (SSSR count). The number of anilines is 1. The van der Waals surface area contributed by atoms with Crippen LogP contribution in [0.4, 0.5) is 10.5 Å². The van der Waals surface area contributed by atoms with Crippen LogP contribution in [0.5, 0.6) is 0 Å². The second-order valence-electron chi connectivity index (χ2n) is 10.5. The smallest absolute Gasteiger partial charge is 0.324 e. The van der Waals surface area contributed by atoms with Crippen molar-refractivity contribution in [3.8, 4) is 0 Å². The van der Waals surface area contributed by atoms with Gasteiger partial charge in [0.2, 0.25) is 11.8 Å². The highest BCUT2D eigenvalue weighted by Gasteiger charge is 2.54. The van der Waals surface area contributed by atoms with Gasteiger partial charge in [-0.2, -0.15) is 0 Å². The van der Waals surface area contributed by atoms with Crippen LogP contribution in [0.2, 0.25) is 0 Å². The summed E-state index contributed by atoms with van der Waals surface area (Å²) < 4.78 is 0. The van der Waals surface area contributed by atoms with E-state index in [9.17, 15) is 19.2 Å². The molecular weight excluding hydrogens is 444 g/mol. The van der Waals surface area contributed by atoms with Gasteiger partial charge in [0.05, 0.1) is 6.04 Å². The molecule has 8 heteroatoms. The maximum atomic E-state index is 13.2. The summed E-state index contributed by atoms with van der Waals surface area (Å²) in [5.74, 6) is -0.707. The fourth-order valence-electron chi connectivity index (χ4n) is 4.86. The summed E-state index contributed by atoms with van der Waals surface area (Å²) >= 11 is 0. The first-order valence-electron chi connectivity index (χ1n) is 11.8. The van der Waals surface area contributed by atoms with E-state index in [0.29, 0.717) is 18.5 Å². The lowest BCUT2D eigenvalue weighted by molar-refractivity contribution is -0.144. The molecule has 1 heterocycles. The van der Waals surface area contributed by atoms with Crippen LogP contribution in [0.1, 0.15) is 50.4 Å². The molecular formula is C27H32N4O4. The molecule has 1 saturated heterocycles. The quantitative estimate of drug-likeness (QED) is 0.647. The zero-order valence-electron chi connectivity index (χ0n) is 20.8. The molecule has 1 fully saturated rings. The number of nitrogens with zero attached hydrogens (tertiary/aromatic N) is 2. The molecule has 184 valence electrons. The van der Waals surface area contributed by atoms with Crippen LogP contribution in [-0.4, -0.2) is 52.7 Å². The van der Waals surface area contributed by atoms with Crippen molar-refractivity contribution in [3.05, 3.63) is 65.2 Å². The Balaban J connectivity index is 1.51. The molecule has 0 saturated carbocycles. The van der Waals surface area contributed by atoms with Crippen LogP contribution in [0.25, 0.3) is 0 Å². The van der Waals surface area contributed by atoms with Crippen molar-refractivity contribution in [2.24, 2.45) is 5.41 Å². The Morgan fingerprint density at radius 2 is 1.74 bits per heavy atom. The second kappa shape index (κ2) is 8.83. The van der Waals surface area contributed by atoms with Gasteiger partial charge < -0.3 is 15.1 Å². The largest absolute Gasteiger partial charge is 0.326 e. The minimum absolute atomic E-state index is 0.0904. The van der Waals surface area contributed by atoms with Gasteiger partial charge in [0, 0.05) is 31.0 Å². The highest BCUT2D eigenvalue weighted by molar-refractivity contribution is 6.07. The van der Waals surface area contributed by atoms with Gasteiger partial charge in [0.15, 0.2) is 0 Å². The van der Waals surface area contributed by atoms with Gasteiger partial charge in [-0.1, -0.05) is 57.2 Å². The van der Waals surface area contributed by atoms with Gasteiger partial charge in [0.25, 0.3) is 5.91 Å². The molecule has 35 heavy (non-hydrogen) atoms. The topological polar surface area (TPSA) is 98.8 Å². The van der Waals surface area contributed by atoms with Crippen LogP contribution in [-0.2, 0) is 27.2 Å². The van der Waals surface area contributed by atoms with E-state index in [4.69, 9.17) is 0 Å². The van der Waals surface area contributed by atoms with E-state index in [0.717, 1.165) is 16.7 Å². The Kier molecular flexibility index (Phi) is 6.17. The molecule has 2 aromatic rings. The van der Waals surface area contributed by atoms with Gasteiger partial charge >= 0.3 is 6.03 Å². The first-order valence-corrected chi connectivity index (χ1v) is 11.8. The number of likely N-dealkylation sites (N-methyl/N-ethyl adjacent to an activating group) is 1. The molecule has 0 bridgehead atoms. The van der Waals surface area contributed by atoms with Crippen molar-refractivity contribution in [2.45, 2.75) is 52.1 Å². The maximum absolute atomic E-state index is 13.2. The van der Waals surface area contributed by atoms with Crippen LogP contribution in [0, 0.1) is 5.41 Å². The molecule has 2 N–H and O–H groups in total. The minimum atomic E-state index is -0.914. The van der Waals surface area contributed by atoms with Gasteiger partial charge in [-0.25, -0.2) is 4.79 Å². The summed E-state index contributed by atoms with van der Waals surface area (Å²) in [5, 5.41) is 5.30. The summed E-state index contributed by atoms with van der Waals surface area (Å²) in [5.41, 5.74) is 1.88. The van der Waals surface area contributed by atoms with E-state index in [1.165, 1.54) is 4.90 Å². The lowest BCUT2D eigenvalue weighted by Crippen LogP contribution is -2.48. The number of carbonyl (C=O) groups excluding carboxylic acids is 4. The molecule has 2 aromatic carbocycles. The number of nitrogens with one attached hydrogen (secondary N) is 2. The van der Waals surface area contributed by atoms with E-state index >= 15 is 0 Å². The van der Waals surface area contributed by atoms with Crippen LogP contribution >= 0.6 is 0 Å². The molecule has 2 aliphatic rings. The number of rotatable bonds is 5. The predicted octanol–water partition coefficient (Wildman–Crippen LogP) is 3.28. The van der Waals surface area contributed by atoms with Crippen LogP contribution in [0.3, 0.4) is 0 Å². The third-order valence-corrected chi connectivity index (χ3v) is 7.01. The third-order valence-electron chi connectivity index (χ3n) is 7.01. The number of benzene rings is 2. The molecule has 1 spiro atoms. The van der Waals surface area contributed by atoms with Crippen LogP contribution in [0.15, 0.2) is 48.5 Å². The lowest BCUT2D eigenvalue weighted by Gasteiger charge is -2.34. The highest BCUT2D eigenvalue weighted by atomic mass is 16.2. The number of fused-ring (bicyclic) bond motifs is 1. The Bertz CT molecular complexity index is 1190. The SMILES string of the molecule is C[C@H](c1ccccc1)N(CC(=O)Nc1ccc2c(c1)C[C@@]1(C2)C(=O)NC(=O)N1C)C(=O)C(C)(C)C. The summed E-state index contributed by atoms with van der Waals surface area (Å²) in [6.45, 7) is 7.36. The molecule has 5 amide bonds. The number of urea groups is 1. The standard InChI is InChI=1S/C27H32N4O4/c1-17(18-9-7-6-8-10-18)31(24(34)26(2,3)4)16-22(32)28-21-12-11-19-14-27(15-20(19)13-21)23(33)29-25(35)30(27)5/h6-13,17H,14-16H2,1-5H3,(H,28,32)(H,29,33,35)/t17-,27+/m1/s1. The highest BCUT2D eigenvalue weighted by Crippen LogP contribution is 2.38. The van der Waals surface area contributed by atoms with Gasteiger partial charge in [-0.05, 0) is 35.7 Å². The fourth-order valence-corrected chi connectivity index (χ4v) is 4.86. The summed E-state index contributed by atoms with van der Waals surface area (Å²) in [6.07, 6.45) is 0.826. The maximum Gasteiger partial charge on any atom is 0.324 e. The predicted molar refractivity (Wildman–Crippen MR) is 133 cm³/mol. The number of hydrogen-bond acceptors (Lipinski definition) is 4. The zero-order valence-corrected chi connectivity index (χ0v) is 20.8. The van der Waals surface area contributed by atoms with Gasteiger partial charge in [-0.15, -0.1) is 0 Å². The normalized spacial score (nSPS) is 20.0. The average molecular weight is 477 g/mol. The first kappa shape index (κ1) is 24.4. The van der Waals surface area contributed by atoms with E-state index in [1.54, 1.807) is 18.0 Å². The third kappa shape index (κ3) is 4.52. The van der Waals surface area contributed by atoms with Crippen molar-refractivity contribution in [3.63, 3.8) is 0 Å². The molecule has 8 nitrogen and oxygen atoms in total. The number of amides is 5. The van der Waals surface area contributed by atoms with Gasteiger partial charge in [-0.3, -0.25) is 19.7 Å². The molecule has 0 unspecified atom stereocenters. The monoisotopic (exact) mass is 476 g/mol. The number of imide groups is 1. The van der Waals surface area contributed by atoms with E-state index in [2.05, 4.69) is 10.6 Å². The van der Waals surface area contributed by atoms with Crippen molar-refractivity contribution < 1.29 is 19.2 Å². The van der Waals surface area contributed by atoms with Crippen molar-refractivity contribution in [1.29, 1.82) is 0 Å². The molecule has 1 aliphatic carbocycles. The Hall–Kier alpha value is -3.68. The van der Waals surface area contributed by atoms with Crippen molar-refractivity contribution >= 4 is 29.4 Å².